The lowest BCUT2D eigenvalue weighted by molar-refractivity contribution is 0.583. The minimum Gasteiger partial charge on any atom is -0.208 e. The summed E-state index contributed by atoms with van der Waals surface area (Å²) in [6, 6.07) is 0. The molecule has 0 atom stereocenters. The maximum atomic E-state index is 4.29. The maximum Gasteiger partial charge on any atom is 0.0661 e. The first kappa shape index (κ1) is 10.8. The summed E-state index contributed by atoms with van der Waals surface area (Å²) in [5, 5.41) is 0. The quantitative estimate of drug-likeness (QED) is 0.539. The van der Waals surface area contributed by atoms with Gasteiger partial charge < -0.3 is 0 Å². The van der Waals surface area contributed by atoms with Crippen LogP contribution in [0.5, 0.6) is 0 Å². The topological polar surface area (TPSA) is 24.7 Å². The van der Waals surface area contributed by atoms with Crippen LogP contribution in [0.4, 0.5) is 0 Å². The van der Waals surface area contributed by atoms with E-state index in [9.17, 15) is 0 Å². The van der Waals surface area contributed by atoms with Gasteiger partial charge in [-0.3, -0.25) is 0 Å². The van der Waals surface area contributed by atoms with E-state index in [1.165, 1.54) is 11.4 Å². The highest BCUT2D eigenvalue weighted by Crippen LogP contribution is 2.07. The number of nitrogens with zero attached hydrogens (tertiary/aromatic N) is 2. The molecule has 0 aliphatic heterocycles. The first-order valence-corrected chi connectivity index (χ1v) is 4.54. The van der Waals surface area contributed by atoms with Crippen LogP contribution in [0, 0.1) is 0 Å². The van der Waals surface area contributed by atoms with Gasteiger partial charge >= 0.3 is 0 Å². The molecule has 0 aliphatic carbocycles. The van der Waals surface area contributed by atoms with Gasteiger partial charge in [0.1, 0.15) is 0 Å². The number of hydrogen-bond donors (Lipinski definition) is 0. The van der Waals surface area contributed by atoms with Gasteiger partial charge in [0.05, 0.1) is 22.4 Å². The second-order valence-electron chi connectivity index (χ2n) is 4.61. The maximum absolute atomic E-state index is 4.29. The van der Waals surface area contributed by atoms with Crippen LogP contribution in [-0.4, -0.2) is 11.1 Å². The largest absolute Gasteiger partial charge is 0.208 e. The highest BCUT2D eigenvalue weighted by Gasteiger charge is 2.07. The van der Waals surface area contributed by atoms with Crippen LogP contribution in [-0.2, 0) is 11.4 Å². The Bertz CT molecular complexity index is 159. The number of rotatable bonds is 0. The van der Waals surface area contributed by atoms with Crippen LogP contribution >= 0.6 is 0 Å². The molecule has 0 bridgehead atoms. The molecule has 0 aliphatic rings. The Balaban J connectivity index is 4.25. The molecule has 0 saturated carbocycles. The van der Waals surface area contributed by atoms with Crippen LogP contribution in [0.25, 0.3) is 0 Å². The van der Waals surface area contributed by atoms with E-state index < -0.39 is 0 Å². The van der Waals surface area contributed by atoms with Crippen molar-refractivity contribution in [3.8, 4) is 0 Å². The van der Waals surface area contributed by atoms with Crippen LogP contribution in [0.1, 0.15) is 41.5 Å². The van der Waals surface area contributed by atoms with Crippen molar-refractivity contribution >= 4 is 11.4 Å². The monoisotopic (exact) mass is 174 g/mol. The minimum absolute atomic E-state index is 0.0133. The van der Waals surface area contributed by atoms with Crippen molar-refractivity contribution in [2.75, 3.05) is 0 Å². The molecule has 3 heteroatoms. The van der Waals surface area contributed by atoms with Crippen LogP contribution in [0.15, 0.2) is 8.73 Å². The lowest BCUT2D eigenvalue weighted by Gasteiger charge is -2.09. The van der Waals surface area contributed by atoms with E-state index in [4.69, 9.17) is 0 Å². The Morgan fingerprint density at radius 1 is 0.727 bits per heavy atom. The van der Waals surface area contributed by atoms with Gasteiger partial charge in [0, 0.05) is 0 Å². The zero-order valence-corrected chi connectivity index (χ0v) is 9.12. The predicted molar refractivity (Wildman–Crippen MR) is 51.7 cm³/mol. The van der Waals surface area contributed by atoms with Gasteiger partial charge in [-0.2, -0.15) is 0 Å². The second kappa shape index (κ2) is 3.48. The lowest BCUT2D eigenvalue weighted by Crippen LogP contribution is -2.10. The van der Waals surface area contributed by atoms with Crippen molar-refractivity contribution in [2.24, 2.45) is 8.73 Å². The fraction of sp³-hybridized carbons (Fsp3) is 1.00. The van der Waals surface area contributed by atoms with Gasteiger partial charge in [-0.25, -0.2) is 8.73 Å². The van der Waals surface area contributed by atoms with Crippen molar-refractivity contribution in [2.45, 2.75) is 52.6 Å². The van der Waals surface area contributed by atoms with Gasteiger partial charge in [-0.15, -0.1) is 0 Å². The van der Waals surface area contributed by atoms with Gasteiger partial charge in [0.25, 0.3) is 0 Å². The van der Waals surface area contributed by atoms with Crippen molar-refractivity contribution in [1.82, 2.24) is 0 Å². The first-order valence-electron chi connectivity index (χ1n) is 3.81. The van der Waals surface area contributed by atoms with E-state index >= 15 is 0 Å². The fourth-order valence-corrected chi connectivity index (χ4v) is 0.796. The standard InChI is InChI=1S/C8H18N2S/c1-7(2,3)9-11-10-8(4,5)6/h1-6H3. The first-order chi connectivity index (χ1) is 4.71. The Morgan fingerprint density at radius 2 is 1.00 bits per heavy atom. The molecular formula is C8H18N2S. The zero-order chi connectivity index (χ0) is 9.12. The third-order valence-electron chi connectivity index (χ3n) is 0.629. The van der Waals surface area contributed by atoms with Crippen molar-refractivity contribution in [1.29, 1.82) is 0 Å². The highest BCUT2D eigenvalue weighted by atomic mass is 32.1. The summed E-state index contributed by atoms with van der Waals surface area (Å²) in [6.45, 7) is 12.4. The molecule has 0 saturated heterocycles. The van der Waals surface area contributed by atoms with Crippen molar-refractivity contribution in [3.63, 3.8) is 0 Å². The minimum atomic E-state index is 0.0133. The summed E-state index contributed by atoms with van der Waals surface area (Å²) in [4.78, 5) is 0. The summed E-state index contributed by atoms with van der Waals surface area (Å²) in [5.41, 5.74) is 0.0266. The molecule has 0 unspecified atom stereocenters. The zero-order valence-electron chi connectivity index (χ0n) is 8.30. The second-order valence-corrected chi connectivity index (χ2v) is 5.13. The van der Waals surface area contributed by atoms with Crippen molar-refractivity contribution < 1.29 is 0 Å². The molecule has 0 N–H and O–H groups in total. The summed E-state index contributed by atoms with van der Waals surface area (Å²) in [6.07, 6.45) is 0. The van der Waals surface area contributed by atoms with E-state index in [1.54, 1.807) is 0 Å². The average Bonchev–Trinajstić information content (AvgIpc) is 1.55. The van der Waals surface area contributed by atoms with E-state index in [0.29, 0.717) is 0 Å². The van der Waals surface area contributed by atoms with Gasteiger partial charge in [0.2, 0.25) is 0 Å². The molecule has 0 rings (SSSR count). The van der Waals surface area contributed by atoms with Crippen molar-refractivity contribution in [3.05, 3.63) is 0 Å². The molecule has 0 aromatic carbocycles. The molecule has 0 spiro atoms. The fourth-order valence-electron chi connectivity index (χ4n) is 0.265. The third-order valence-corrected chi connectivity index (χ3v) is 1.89. The normalized spacial score (nSPS) is 12.5. The molecule has 0 radical (unpaired) electrons. The third kappa shape index (κ3) is 9.82. The predicted octanol–water partition coefficient (Wildman–Crippen LogP) is 3.03. The highest BCUT2D eigenvalue weighted by molar-refractivity contribution is 7.57. The molecule has 0 heterocycles. The van der Waals surface area contributed by atoms with Gasteiger partial charge in [-0.05, 0) is 41.5 Å². The summed E-state index contributed by atoms with van der Waals surface area (Å²) in [5.74, 6) is 0. The smallest absolute Gasteiger partial charge is 0.0661 e. The molecule has 0 fully saturated rings. The van der Waals surface area contributed by atoms with E-state index in [0.717, 1.165) is 0 Å². The SMILES string of the molecule is CC(C)(C)N=S=NC(C)(C)C. The summed E-state index contributed by atoms with van der Waals surface area (Å²) in [7, 11) is 0. The molecule has 2 nitrogen and oxygen atoms in total. The van der Waals surface area contributed by atoms with E-state index in [-0.39, 0.29) is 11.1 Å². The van der Waals surface area contributed by atoms with Crippen LogP contribution < -0.4 is 0 Å². The lowest BCUT2D eigenvalue weighted by atomic mass is 10.1. The average molecular weight is 174 g/mol. The molecule has 0 amide bonds. The van der Waals surface area contributed by atoms with E-state index in [2.05, 4.69) is 50.3 Å². The summed E-state index contributed by atoms with van der Waals surface area (Å²) >= 11 is 1.32. The Hall–Kier alpha value is -0.180. The summed E-state index contributed by atoms with van der Waals surface area (Å²) < 4.78 is 8.58. The molecular weight excluding hydrogens is 156 g/mol. The van der Waals surface area contributed by atoms with Crippen LogP contribution in [0.3, 0.4) is 0 Å². The Morgan fingerprint density at radius 3 is 1.18 bits per heavy atom. The molecule has 66 valence electrons. The Labute approximate surface area is 73.3 Å². The van der Waals surface area contributed by atoms with Crippen LogP contribution in [0.2, 0.25) is 0 Å². The number of hydrogen-bond acceptors (Lipinski definition) is 2. The molecule has 11 heavy (non-hydrogen) atoms. The van der Waals surface area contributed by atoms with E-state index in [1.807, 2.05) is 0 Å². The molecule has 0 aromatic heterocycles. The van der Waals surface area contributed by atoms with Gasteiger partial charge in [0.15, 0.2) is 0 Å². The Kier molecular flexibility index (Phi) is 3.42. The van der Waals surface area contributed by atoms with Gasteiger partial charge in [-0.1, -0.05) is 0 Å². The molecule has 0 aromatic rings.